The predicted molar refractivity (Wildman–Crippen MR) is 79.3 cm³/mol. The Balaban J connectivity index is 2.21. The van der Waals surface area contributed by atoms with Gasteiger partial charge in [-0.1, -0.05) is 11.8 Å². The summed E-state index contributed by atoms with van der Waals surface area (Å²) in [6, 6.07) is 5.64. The topological polar surface area (TPSA) is 85.6 Å². The number of aromatic amines is 1. The smallest absolute Gasteiger partial charge is 0.141 e. The molecule has 21 heavy (non-hydrogen) atoms. The number of rotatable bonds is 0. The van der Waals surface area contributed by atoms with E-state index in [9.17, 15) is 5.11 Å². The van der Waals surface area contributed by atoms with Crippen molar-refractivity contribution in [1.29, 1.82) is 5.26 Å². The highest BCUT2D eigenvalue weighted by Crippen LogP contribution is 2.24. The van der Waals surface area contributed by atoms with Crippen LogP contribution in [0.2, 0.25) is 0 Å². The number of fused-ring (bicyclic) bond motifs is 3. The van der Waals surface area contributed by atoms with Crippen molar-refractivity contribution in [3.8, 4) is 17.9 Å². The molecule has 3 aromatic rings. The molecule has 0 radical (unpaired) electrons. The summed E-state index contributed by atoms with van der Waals surface area (Å²) in [6.45, 7) is 3.25. The number of nitriles is 1. The molecule has 0 aliphatic carbocycles. The van der Waals surface area contributed by atoms with Crippen molar-refractivity contribution in [2.45, 2.75) is 19.4 Å². The van der Waals surface area contributed by atoms with Crippen molar-refractivity contribution >= 4 is 21.9 Å². The molecule has 3 aromatic heterocycles. The molecule has 5 heteroatoms. The zero-order valence-electron chi connectivity index (χ0n) is 11.6. The largest absolute Gasteiger partial charge is 0.378 e. The van der Waals surface area contributed by atoms with E-state index in [2.05, 4.69) is 26.8 Å². The molecule has 0 amide bonds. The van der Waals surface area contributed by atoms with E-state index in [1.807, 2.05) is 12.1 Å². The molecule has 2 N–H and O–H groups in total. The zero-order valence-corrected chi connectivity index (χ0v) is 11.6. The molecule has 0 spiro atoms. The first-order valence-corrected chi connectivity index (χ1v) is 6.39. The maximum Gasteiger partial charge on any atom is 0.141 e. The fourth-order valence-corrected chi connectivity index (χ4v) is 2.03. The second-order valence-electron chi connectivity index (χ2n) is 5.28. The van der Waals surface area contributed by atoms with Gasteiger partial charge in [-0.3, -0.25) is 0 Å². The van der Waals surface area contributed by atoms with Gasteiger partial charge in [0, 0.05) is 22.5 Å². The Bertz CT molecular complexity index is 946. The summed E-state index contributed by atoms with van der Waals surface area (Å²) in [7, 11) is 0. The van der Waals surface area contributed by atoms with E-state index in [1.54, 1.807) is 32.3 Å². The Hall–Kier alpha value is -2.89. The lowest BCUT2D eigenvalue weighted by Crippen LogP contribution is -2.14. The van der Waals surface area contributed by atoms with E-state index in [-0.39, 0.29) is 0 Å². The molecule has 3 heterocycles. The molecule has 102 valence electrons. The highest BCUT2D eigenvalue weighted by atomic mass is 16.3. The minimum atomic E-state index is -1.05. The summed E-state index contributed by atoms with van der Waals surface area (Å²) in [5.41, 5.74) is 1.56. The minimum absolute atomic E-state index is 0.358. The quantitative estimate of drug-likeness (QED) is 0.616. The average Bonchev–Trinajstić information content (AvgIpc) is 2.81. The van der Waals surface area contributed by atoms with E-state index in [4.69, 9.17) is 5.26 Å². The van der Waals surface area contributed by atoms with Crippen molar-refractivity contribution in [1.82, 2.24) is 15.0 Å². The number of aliphatic hydroxyl groups is 1. The van der Waals surface area contributed by atoms with E-state index in [0.29, 0.717) is 11.3 Å². The summed E-state index contributed by atoms with van der Waals surface area (Å²) >= 11 is 0. The fraction of sp³-hybridized carbons (Fsp3) is 0.188. The van der Waals surface area contributed by atoms with Crippen LogP contribution >= 0.6 is 0 Å². The first-order chi connectivity index (χ1) is 9.96. The van der Waals surface area contributed by atoms with Crippen LogP contribution < -0.4 is 0 Å². The van der Waals surface area contributed by atoms with Gasteiger partial charge < -0.3 is 10.1 Å². The fourth-order valence-electron chi connectivity index (χ4n) is 2.03. The molecule has 0 aliphatic rings. The van der Waals surface area contributed by atoms with Crippen LogP contribution in [0.1, 0.15) is 25.1 Å². The monoisotopic (exact) mass is 276 g/mol. The summed E-state index contributed by atoms with van der Waals surface area (Å²) in [5.74, 6) is 5.66. The first-order valence-electron chi connectivity index (χ1n) is 6.39. The van der Waals surface area contributed by atoms with Gasteiger partial charge in [0.1, 0.15) is 23.0 Å². The van der Waals surface area contributed by atoms with Gasteiger partial charge in [-0.2, -0.15) is 5.26 Å². The molecule has 0 aliphatic heterocycles. The molecule has 3 rings (SSSR count). The molecule has 0 atom stereocenters. The number of hydrogen-bond donors (Lipinski definition) is 2. The second kappa shape index (κ2) is 4.59. The third-order valence-corrected chi connectivity index (χ3v) is 2.96. The molecule has 0 bridgehead atoms. The van der Waals surface area contributed by atoms with Crippen LogP contribution in [0, 0.1) is 23.2 Å². The Morgan fingerprint density at radius 2 is 2.00 bits per heavy atom. The summed E-state index contributed by atoms with van der Waals surface area (Å²) < 4.78 is 0. The number of pyridine rings is 2. The summed E-state index contributed by atoms with van der Waals surface area (Å²) in [6.07, 6.45) is 3.27. The SMILES string of the molecule is CC(C)(O)C#Cc1cnc2[nH]c3cnc(C#N)cc3c2c1. The number of hydrogen-bond acceptors (Lipinski definition) is 4. The van der Waals surface area contributed by atoms with Gasteiger partial charge in [-0.05, 0) is 26.0 Å². The molecule has 0 aromatic carbocycles. The summed E-state index contributed by atoms with van der Waals surface area (Å²) in [5, 5.41) is 20.4. The van der Waals surface area contributed by atoms with Gasteiger partial charge in [0.25, 0.3) is 0 Å². The molecule has 0 unspecified atom stereocenters. The first kappa shape index (κ1) is 13.1. The maximum absolute atomic E-state index is 9.65. The average molecular weight is 276 g/mol. The molecule has 0 saturated carbocycles. The van der Waals surface area contributed by atoms with Crippen LogP contribution in [-0.2, 0) is 0 Å². The molecule has 5 nitrogen and oxygen atoms in total. The van der Waals surface area contributed by atoms with Gasteiger partial charge in [0.05, 0.1) is 11.7 Å². The zero-order chi connectivity index (χ0) is 15.0. The Morgan fingerprint density at radius 3 is 2.71 bits per heavy atom. The van der Waals surface area contributed by atoms with Crippen LogP contribution in [0.25, 0.3) is 21.9 Å². The van der Waals surface area contributed by atoms with Crippen molar-refractivity contribution < 1.29 is 5.11 Å². The lowest BCUT2D eigenvalue weighted by molar-refractivity contribution is 0.143. The van der Waals surface area contributed by atoms with Gasteiger partial charge in [-0.25, -0.2) is 9.97 Å². The number of nitrogens with one attached hydrogen (secondary N) is 1. The van der Waals surface area contributed by atoms with E-state index in [0.717, 1.165) is 21.9 Å². The van der Waals surface area contributed by atoms with E-state index < -0.39 is 5.60 Å². The van der Waals surface area contributed by atoms with Crippen LogP contribution in [0.5, 0.6) is 0 Å². The van der Waals surface area contributed by atoms with E-state index >= 15 is 0 Å². The van der Waals surface area contributed by atoms with Crippen LogP contribution in [0.15, 0.2) is 24.5 Å². The van der Waals surface area contributed by atoms with Crippen LogP contribution in [-0.4, -0.2) is 25.7 Å². The van der Waals surface area contributed by atoms with E-state index in [1.165, 1.54) is 0 Å². The number of aromatic nitrogens is 3. The lowest BCUT2D eigenvalue weighted by Gasteiger charge is -2.05. The standard InChI is InChI=1S/C16H12N4O/c1-16(2,21)4-3-10-5-13-12-6-11(7-17)18-9-14(12)20-15(13)19-8-10/h5-6,8-9,21H,1-2H3,(H,19,20). The van der Waals surface area contributed by atoms with Crippen LogP contribution in [0.3, 0.4) is 0 Å². The van der Waals surface area contributed by atoms with Crippen molar-refractivity contribution in [2.75, 3.05) is 0 Å². The highest BCUT2D eigenvalue weighted by Gasteiger charge is 2.09. The molecular weight excluding hydrogens is 264 g/mol. The Morgan fingerprint density at radius 1 is 1.19 bits per heavy atom. The van der Waals surface area contributed by atoms with Crippen molar-refractivity contribution in [2.24, 2.45) is 0 Å². The summed E-state index contributed by atoms with van der Waals surface area (Å²) in [4.78, 5) is 11.5. The Labute approximate surface area is 121 Å². The minimum Gasteiger partial charge on any atom is -0.378 e. The van der Waals surface area contributed by atoms with Gasteiger partial charge in [0.15, 0.2) is 0 Å². The van der Waals surface area contributed by atoms with Crippen molar-refractivity contribution in [3.05, 3.63) is 35.8 Å². The second-order valence-corrected chi connectivity index (χ2v) is 5.28. The molecule has 0 saturated heterocycles. The maximum atomic E-state index is 9.65. The number of H-pyrrole nitrogens is 1. The van der Waals surface area contributed by atoms with Gasteiger partial charge >= 0.3 is 0 Å². The molecular formula is C16H12N4O. The third kappa shape index (κ3) is 2.55. The predicted octanol–water partition coefficient (Wildman–Crippen LogP) is 2.11. The third-order valence-electron chi connectivity index (χ3n) is 2.96. The lowest BCUT2D eigenvalue weighted by atomic mass is 10.1. The van der Waals surface area contributed by atoms with Gasteiger partial charge in [-0.15, -0.1) is 0 Å². The van der Waals surface area contributed by atoms with Crippen molar-refractivity contribution in [3.63, 3.8) is 0 Å². The number of nitrogens with zero attached hydrogens (tertiary/aromatic N) is 3. The van der Waals surface area contributed by atoms with Crippen LogP contribution in [0.4, 0.5) is 0 Å². The highest BCUT2D eigenvalue weighted by molar-refractivity contribution is 6.06. The Kier molecular flexibility index (Phi) is 2.86. The van der Waals surface area contributed by atoms with Gasteiger partial charge in [0.2, 0.25) is 0 Å². The molecule has 0 fully saturated rings. The normalized spacial score (nSPS) is 11.1.